The molecule has 1 aromatic carbocycles. The lowest BCUT2D eigenvalue weighted by molar-refractivity contribution is 0.494. The monoisotopic (exact) mass is 311 g/mol. The molecule has 0 spiro atoms. The summed E-state index contributed by atoms with van der Waals surface area (Å²) in [6.45, 7) is 8.94. The Morgan fingerprint density at radius 3 is 2.40 bits per heavy atom. The van der Waals surface area contributed by atoms with Gasteiger partial charge in [-0.25, -0.2) is 0 Å². The normalized spacial score (nSPS) is 12.7. The number of halogens is 2. The Kier molecular flexibility index (Phi) is 4.79. The number of benzene rings is 1. The van der Waals surface area contributed by atoms with Gasteiger partial charge >= 0.3 is 0 Å². The number of hydrogen-bond donors (Lipinski definition) is 1. The first-order valence-electron chi connectivity index (χ1n) is 6.71. The average Bonchev–Trinajstić information content (AvgIpc) is 2.65. The van der Waals surface area contributed by atoms with E-state index in [0.29, 0.717) is 10.0 Å². The second-order valence-electron chi connectivity index (χ2n) is 4.89. The highest BCUT2D eigenvalue weighted by Crippen LogP contribution is 2.37. The highest BCUT2D eigenvalue weighted by atomic mass is 35.5. The lowest BCUT2D eigenvalue weighted by Crippen LogP contribution is -2.23. The molecule has 1 unspecified atom stereocenters. The molecule has 1 N–H and O–H groups in total. The Morgan fingerprint density at radius 2 is 1.85 bits per heavy atom. The maximum atomic E-state index is 6.38. The second kappa shape index (κ2) is 6.21. The maximum absolute atomic E-state index is 6.38. The molecule has 2 rings (SSSR count). The van der Waals surface area contributed by atoms with Gasteiger partial charge in [-0.05, 0) is 44.5 Å². The predicted molar refractivity (Wildman–Crippen MR) is 84.9 cm³/mol. The molecule has 0 amide bonds. The standard InChI is InChI=1S/C16H19Cl2NO/c1-5-19-16(12-7-6-8-13(17)15(12)18)14-9(2)10(3)20-11(14)4/h6-8,16,19H,5H2,1-4H3. The number of nitrogens with one attached hydrogen (secondary N) is 1. The molecule has 0 fully saturated rings. The van der Waals surface area contributed by atoms with Gasteiger partial charge in [-0.2, -0.15) is 0 Å². The number of aryl methyl sites for hydroxylation is 2. The van der Waals surface area contributed by atoms with E-state index in [4.69, 9.17) is 27.6 Å². The zero-order valence-electron chi connectivity index (χ0n) is 12.2. The summed E-state index contributed by atoms with van der Waals surface area (Å²) in [6, 6.07) is 5.72. The predicted octanol–water partition coefficient (Wildman–Crippen LogP) is 5.21. The molecule has 2 nitrogen and oxygen atoms in total. The number of furan rings is 1. The van der Waals surface area contributed by atoms with Crippen LogP contribution in [-0.2, 0) is 0 Å². The summed E-state index contributed by atoms with van der Waals surface area (Å²) < 4.78 is 5.75. The minimum atomic E-state index is -0.0105. The summed E-state index contributed by atoms with van der Waals surface area (Å²) in [4.78, 5) is 0. The molecule has 4 heteroatoms. The van der Waals surface area contributed by atoms with Crippen molar-refractivity contribution in [3.63, 3.8) is 0 Å². The van der Waals surface area contributed by atoms with Crippen molar-refractivity contribution in [3.8, 4) is 0 Å². The third-order valence-corrected chi connectivity index (χ3v) is 4.44. The average molecular weight is 312 g/mol. The molecule has 0 radical (unpaired) electrons. The van der Waals surface area contributed by atoms with Crippen LogP contribution in [0.2, 0.25) is 10.0 Å². The molecule has 2 aromatic rings. The fourth-order valence-corrected chi connectivity index (χ4v) is 2.97. The van der Waals surface area contributed by atoms with E-state index in [1.165, 1.54) is 0 Å². The Hall–Kier alpha value is -0.960. The lowest BCUT2D eigenvalue weighted by Gasteiger charge is -2.21. The van der Waals surface area contributed by atoms with Crippen molar-refractivity contribution in [1.82, 2.24) is 5.32 Å². The van der Waals surface area contributed by atoms with Crippen LogP contribution in [0.5, 0.6) is 0 Å². The molecular weight excluding hydrogens is 293 g/mol. The zero-order valence-corrected chi connectivity index (χ0v) is 13.7. The van der Waals surface area contributed by atoms with Crippen LogP contribution in [-0.4, -0.2) is 6.54 Å². The molecule has 0 aliphatic rings. The van der Waals surface area contributed by atoms with Crippen LogP contribution in [0.1, 0.15) is 41.2 Å². The summed E-state index contributed by atoms with van der Waals surface area (Å²) in [5.74, 6) is 1.86. The van der Waals surface area contributed by atoms with Crippen LogP contribution < -0.4 is 5.32 Å². The fourth-order valence-electron chi connectivity index (χ4n) is 2.55. The van der Waals surface area contributed by atoms with Crippen molar-refractivity contribution < 1.29 is 4.42 Å². The van der Waals surface area contributed by atoms with E-state index >= 15 is 0 Å². The van der Waals surface area contributed by atoms with E-state index in [9.17, 15) is 0 Å². The first-order chi connectivity index (χ1) is 9.47. The molecule has 0 saturated heterocycles. The SMILES string of the molecule is CCNC(c1cccc(Cl)c1Cl)c1c(C)oc(C)c1C. The Bertz CT molecular complexity index is 619. The summed E-state index contributed by atoms with van der Waals surface area (Å²) in [7, 11) is 0. The van der Waals surface area contributed by atoms with Crippen LogP contribution in [0.3, 0.4) is 0 Å². The molecule has 0 aliphatic carbocycles. The minimum absolute atomic E-state index is 0.0105. The van der Waals surface area contributed by atoms with Crippen LogP contribution in [0.25, 0.3) is 0 Å². The molecule has 1 aromatic heterocycles. The van der Waals surface area contributed by atoms with Crippen molar-refractivity contribution in [2.24, 2.45) is 0 Å². The molecule has 0 aliphatic heterocycles. The third-order valence-electron chi connectivity index (χ3n) is 3.61. The first-order valence-corrected chi connectivity index (χ1v) is 7.46. The topological polar surface area (TPSA) is 25.2 Å². The molecule has 0 bridgehead atoms. The lowest BCUT2D eigenvalue weighted by atomic mass is 9.95. The molecule has 1 heterocycles. The highest BCUT2D eigenvalue weighted by molar-refractivity contribution is 6.42. The Morgan fingerprint density at radius 1 is 1.15 bits per heavy atom. The third kappa shape index (κ3) is 2.73. The van der Waals surface area contributed by atoms with Gasteiger partial charge in [0.1, 0.15) is 11.5 Å². The van der Waals surface area contributed by atoms with Gasteiger partial charge < -0.3 is 9.73 Å². The largest absolute Gasteiger partial charge is 0.466 e. The second-order valence-corrected chi connectivity index (χ2v) is 5.67. The Labute approximate surface area is 130 Å². The number of hydrogen-bond acceptors (Lipinski definition) is 2. The highest BCUT2D eigenvalue weighted by Gasteiger charge is 2.24. The smallest absolute Gasteiger partial charge is 0.106 e. The molecule has 108 valence electrons. The molecule has 20 heavy (non-hydrogen) atoms. The number of rotatable bonds is 4. The van der Waals surface area contributed by atoms with E-state index in [2.05, 4.69) is 19.2 Å². The van der Waals surface area contributed by atoms with Crippen LogP contribution >= 0.6 is 23.2 Å². The van der Waals surface area contributed by atoms with Gasteiger partial charge in [-0.3, -0.25) is 0 Å². The van der Waals surface area contributed by atoms with Gasteiger partial charge in [0, 0.05) is 5.56 Å². The summed E-state index contributed by atoms with van der Waals surface area (Å²) in [5.41, 5.74) is 3.28. The molecular formula is C16H19Cl2NO. The van der Waals surface area contributed by atoms with Crippen LogP contribution in [0.15, 0.2) is 22.6 Å². The van der Waals surface area contributed by atoms with E-state index < -0.39 is 0 Å². The summed E-state index contributed by atoms with van der Waals surface area (Å²) in [5, 5.41) is 4.64. The van der Waals surface area contributed by atoms with Crippen molar-refractivity contribution >= 4 is 23.2 Å². The quantitative estimate of drug-likeness (QED) is 0.838. The van der Waals surface area contributed by atoms with Crippen molar-refractivity contribution in [2.75, 3.05) is 6.54 Å². The van der Waals surface area contributed by atoms with Crippen molar-refractivity contribution in [2.45, 2.75) is 33.7 Å². The Balaban J connectivity index is 2.59. The van der Waals surface area contributed by atoms with Crippen LogP contribution in [0.4, 0.5) is 0 Å². The maximum Gasteiger partial charge on any atom is 0.106 e. The molecule has 1 atom stereocenters. The minimum Gasteiger partial charge on any atom is -0.466 e. The van der Waals surface area contributed by atoms with Gasteiger partial charge in [-0.15, -0.1) is 0 Å². The van der Waals surface area contributed by atoms with Crippen molar-refractivity contribution in [3.05, 3.63) is 56.5 Å². The zero-order chi connectivity index (χ0) is 14.9. The van der Waals surface area contributed by atoms with E-state index in [1.807, 2.05) is 26.0 Å². The van der Waals surface area contributed by atoms with Gasteiger partial charge in [0.05, 0.1) is 16.1 Å². The first kappa shape index (κ1) is 15.4. The van der Waals surface area contributed by atoms with Crippen LogP contribution in [0, 0.1) is 20.8 Å². The van der Waals surface area contributed by atoms with Gasteiger partial charge in [-0.1, -0.05) is 42.3 Å². The summed E-state index contributed by atoms with van der Waals surface area (Å²) in [6.07, 6.45) is 0. The van der Waals surface area contributed by atoms with Gasteiger partial charge in [0.2, 0.25) is 0 Å². The van der Waals surface area contributed by atoms with E-state index in [-0.39, 0.29) is 6.04 Å². The van der Waals surface area contributed by atoms with Gasteiger partial charge in [0.15, 0.2) is 0 Å². The van der Waals surface area contributed by atoms with E-state index in [0.717, 1.165) is 34.8 Å². The van der Waals surface area contributed by atoms with Gasteiger partial charge in [0.25, 0.3) is 0 Å². The fraction of sp³-hybridized carbons (Fsp3) is 0.375. The molecule has 0 saturated carbocycles. The van der Waals surface area contributed by atoms with Crippen molar-refractivity contribution in [1.29, 1.82) is 0 Å². The van der Waals surface area contributed by atoms with E-state index in [1.54, 1.807) is 6.07 Å². The summed E-state index contributed by atoms with van der Waals surface area (Å²) >= 11 is 12.5.